The fourth-order valence-electron chi connectivity index (χ4n) is 6.67. The van der Waals surface area contributed by atoms with Crippen LogP contribution in [-0.4, -0.2) is 68.8 Å². The number of anilines is 1. The molecule has 0 amide bonds. The minimum absolute atomic E-state index is 0.303. The van der Waals surface area contributed by atoms with Gasteiger partial charge in [0, 0.05) is 54.9 Å². The molecule has 214 valence electrons. The van der Waals surface area contributed by atoms with Crippen molar-refractivity contribution < 1.29 is 32.4 Å². The summed E-state index contributed by atoms with van der Waals surface area (Å²) in [5, 5.41) is 12.1. The van der Waals surface area contributed by atoms with Gasteiger partial charge in [-0.2, -0.15) is 0 Å². The molecule has 0 radical (unpaired) electrons. The van der Waals surface area contributed by atoms with Gasteiger partial charge in [-0.15, -0.1) is 0 Å². The number of nitrogens with zero attached hydrogens (tertiary/aromatic N) is 2. The number of carboxylic acid groups (broad SMARTS) is 1. The molecule has 9 heteroatoms. The van der Waals surface area contributed by atoms with E-state index < -0.39 is 48.2 Å². The molecule has 2 fully saturated rings. The van der Waals surface area contributed by atoms with Crippen LogP contribution in [0.15, 0.2) is 47.2 Å². The molecule has 6 rings (SSSR count). The molecule has 0 spiro atoms. The Morgan fingerprint density at radius 2 is 1.71 bits per heavy atom. The predicted molar refractivity (Wildman–Crippen MR) is 157 cm³/mol. The van der Waals surface area contributed by atoms with Gasteiger partial charge in [-0.1, -0.05) is 19.2 Å². The lowest BCUT2D eigenvalue weighted by Crippen LogP contribution is -2.50. The summed E-state index contributed by atoms with van der Waals surface area (Å²) in [6.07, 6.45) is 9.51. The maximum atomic E-state index is 16.1. The van der Waals surface area contributed by atoms with Crippen molar-refractivity contribution in [3.8, 4) is 0 Å². The molecule has 0 bridgehead atoms. The number of piperidine rings is 1. The predicted octanol–water partition coefficient (Wildman–Crippen LogP) is 5.35. The minimum atomic E-state index is -2.44. The highest BCUT2D eigenvalue weighted by Gasteiger charge is 2.43. The van der Waals surface area contributed by atoms with E-state index in [1.165, 1.54) is 6.42 Å². The highest BCUT2D eigenvalue weighted by atomic mass is 28.3. The van der Waals surface area contributed by atoms with Crippen LogP contribution in [-0.2, 0) is 4.74 Å². The first kappa shape index (κ1) is 27.7. The third kappa shape index (κ3) is 4.50. The number of carbonyl (C=O) groups is 1. The Morgan fingerprint density at radius 3 is 2.39 bits per heavy atom. The molecule has 3 aliphatic heterocycles. The lowest BCUT2D eigenvalue weighted by atomic mass is 9.85. The van der Waals surface area contributed by atoms with Crippen LogP contribution in [0.2, 0.25) is 13.1 Å². The third-order valence-corrected chi connectivity index (χ3v) is 12.5. The van der Waals surface area contributed by atoms with Crippen molar-refractivity contribution in [2.45, 2.75) is 39.3 Å². The second-order valence-corrected chi connectivity index (χ2v) is 16.1. The number of rotatable bonds is 3. The van der Waals surface area contributed by atoms with Gasteiger partial charge in [0.2, 0.25) is 0 Å². The average Bonchev–Trinajstić information content (AvgIpc) is 2.99. The summed E-state index contributed by atoms with van der Waals surface area (Å²) in [5.74, 6) is -5.77. The number of carboxylic acids is 1. The second kappa shape index (κ2) is 10.4. The molecule has 2 aromatic carbocycles. The Balaban J connectivity index is 1.67. The van der Waals surface area contributed by atoms with E-state index in [1.807, 2.05) is 24.3 Å². The van der Waals surface area contributed by atoms with Gasteiger partial charge in [0.05, 0.1) is 13.2 Å². The van der Waals surface area contributed by atoms with E-state index >= 15 is 8.78 Å². The summed E-state index contributed by atoms with van der Waals surface area (Å²) in [6.45, 7) is 10.3. The molecule has 1 aliphatic carbocycles. The van der Waals surface area contributed by atoms with Gasteiger partial charge in [-0.25, -0.2) is 22.5 Å². The van der Waals surface area contributed by atoms with Crippen molar-refractivity contribution in [1.29, 1.82) is 0 Å². The lowest BCUT2D eigenvalue weighted by molar-refractivity contribution is -0.535. The van der Waals surface area contributed by atoms with E-state index in [9.17, 15) is 14.3 Å². The van der Waals surface area contributed by atoms with Gasteiger partial charge < -0.3 is 14.7 Å². The molecule has 2 aromatic rings. The number of benzene rings is 2. The van der Waals surface area contributed by atoms with E-state index in [1.54, 1.807) is 0 Å². The molecule has 0 aromatic heterocycles. The number of fused-ring (bicyclic) bond motifs is 2. The Kier molecular flexibility index (Phi) is 7.06. The molecular weight excluding hydrogens is 545 g/mol. The van der Waals surface area contributed by atoms with Gasteiger partial charge in [0.1, 0.15) is 32.5 Å². The molecule has 5 nitrogen and oxygen atoms in total. The zero-order valence-electron chi connectivity index (χ0n) is 23.6. The van der Waals surface area contributed by atoms with Crippen molar-refractivity contribution in [2.75, 3.05) is 44.3 Å². The Bertz CT molecular complexity index is 1590. The van der Waals surface area contributed by atoms with Gasteiger partial charge in [0.25, 0.3) is 0 Å². The van der Waals surface area contributed by atoms with E-state index in [-0.39, 0.29) is 0 Å². The van der Waals surface area contributed by atoms with Crippen molar-refractivity contribution in [1.82, 2.24) is 0 Å². The molecule has 41 heavy (non-hydrogen) atoms. The van der Waals surface area contributed by atoms with E-state index in [0.717, 1.165) is 67.7 Å². The maximum absolute atomic E-state index is 16.1. The van der Waals surface area contributed by atoms with Crippen LogP contribution in [0.3, 0.4) is 0 Å². The van der Waals surface area contributed by atoms with Crippen LogP contribution in [0.4, 0.5) is 18.9 Å². The van der Waals surface area contributed by atoms with Crippen LogP contribution >= 0.6 is 0 Å². The average molecular weight is 580 g/mol. The van der Waals surface area contributed by atoms with Crippen molar-refractivity contribution in [3.63, 3.8) is 0 Å². The number of aromatic carboxylic acids is 1. The fourth-order valence-corrected chi connectivity index (χ4v) is 9.75. The molecule has 0 unspecified atom stereocenters. The molecule has 2 saturated heterocycles. The summed E-state index contributed by atoms with van der Waals surface area (Å²) in [6, 6.07) is 5.98. The number of hydrogen-bond donors (Lipinski definition) is 1. The highest BCUT2D eigenvalue weighted by molar-refractivity contribution is 6.98. The Labute approximate surface area is 239 Å². The number of allylic oxidation sites excluding steroid dienone is 5. The van der Waals surface area contributed by atoms with Gasteiger partial charge in [-0.3, -0.25) is 0 Å². The van der Waals surface area contributed by atoms with Crippen LogP contribution in [0.25, 0.3) is 5.57 Å². The van der Waals surface area contributed by atoms with E-state index in [0.29, 0.717) is 29.9 Å². The summed E-state index contributed by atoms with van der Waals surface area (Å²) in [7, 11) is -2.44. The first-order valence-corrected chi connectivity index (χ1v) is 17.3. The second-order valence-electron chi connectivity index (χ2n) is 11.7. The topological polar surface area (TPSA) is 52.8 Å². The SMILES string of the molecule is Cc1c(F)c(F)c(C(=O)O)c(C2=C3C=CC(=[N+]4CCCCC4)C=C3[Si](C)(C)c3cc(N4CCOCC4)ccc32)c1F. The zero-order chi connectivity index (χ0) is 29.1. The van der Waals surface area contributed by atoms with Crippen molar-refractivity contribution in [3.05, 3.63) is 86.9 Å². The number of hydrogen-bond acceptors (Lipinski definition) is 3. The summed E-state index contributed by atoms with van der Waals surface area (Å²) in [5.41, 5.74) is 1.85. The zero-order valence-corrected chi connectivity index (χ0v) is 24.6. The summed E-state index contributed by atoms with van der Waals surface area (Å²) < 4.78 is 53.9. The highest BCUT2D eigenvalue weighted by Crippen LogP contribution is 2.44. The quantitative estimate of drug-likeness (QED) is 0.303. The molecular formula is C32H34F3N2O3Si+. The molecule has 3 heterocycles. The number of ether oxygens (including phenoxy) is 1. The van der Waals surface area contributed by atoms with Crippen LogP contribution in [0.1, 0.15) is 46.3 Å². The van der Waals surface area contributed by atoms with Crippen LogP contribution in [0, 0.1) is 24.4 Å². The van der Waals surface area contributed by atoms with E-state index in [2.05, 4.69) is 34.7 Å². The summed E-state index contributed by atoms with van der Waals surface area (Å²) >= 11 is 0. The van der Waals surface area contributed by atoms with E-state index in [4.69, 9.17) is 4.74 Å². The first-order chi connectivity index (χ1) is 19.6. The maximum Gasteiger partial charge on any atom is 0.339 e. The number of halogens is 3. The fraction of sp³-hybridized carbons (Fsp3) is 0.375. The normalized spacial score (nSPS) is 20.1. The first-order valence-electron chi connectivity index (χ1n) is 14.3. The standard InChI is InChI=1S/C32H33F3N2O3Si/c1-19-29(33)27(28(32(38)39)31(35)30(19)34)26-22-9-7-20(36-11-5-4-6-12-36)17-24(22)41(2,3)25-18-21(8-10-23(25)26)37-13-15-40-16-14-37/h7-10,17-18H,4-6,11-16H2,1-3H3/p+1. The molecule has 4 aliphatic rings. The molecule has 0 atom stereocenters. The van der Waals surface area contributed by atoms with Gasteiger partial charge in [-0.05, 0) is 58.6 Å². The Morgan fingerprint density at radius 1 is 1.00 bits per heavy atom. The lowest BCUT2D eigenvalue weighted by Gasteiger charge is -2.39. The van der Waals surface area contributed by atoms with Gasteiger partial charge in [0.15, 0.2) is 17.3 Å². The third-order valence-electron chi connectivity index (χ3n) is 8.99. The van der Waals surface area contributed by atoms with Crippen LogP contribution in [0.5, 0.6) is 0 Å². The monoisotopic (exact) mass is 579 g/mol. The van der Waals surface area contributed by atoms with Crippen molar-refractivity contribution >= 4 is 36.2 Å². The smallest absolute Gasteiger partial charge is 0.339 e. The summed E-state index contributed by atoms with van der Waals surface area (Å²) in [4.78, 5) is 14.6. The Hall–Kier alpha value is -3.43. The van der Waals surface area contributed by atoms with Gasteiger partial charge >= 0.3 is 5.97 Å². The largest absolute Gasteiger partial charge is 0.478 e. The minimum Gasteiger partial charge on any atom is -0.478 e. The molecule has 0 saturated carbocycles. The van der Waals surface area contributed by atoms with Crippen molar-refractivity contribution in [2.24, 2.45) is 0 Å². The number of morpholine rings is 1. The van der Waals surface area contributed by atoms with Crippen LogP contribution < -0.4 is 10.1 Å². The molecule has 1 N–H and O–H groups in total.